The van der Waals surface area contributed by atoms with Crippen LogP contribution in [0.3, 0.4) is 0 Å². The number of rotatable bonds is 9. The lowest BCUT2D eigenvalue weighted by molar-refractivity contribution is 0.227. The Kier molecular flexibility index (Phi) is 9.06. The second-order valence-electron chi connectivity index (χ2n) is 4.56. The molecule has 0 aliphatic heterocycles. The van der Waals surface area contributed by atoms with Crippen LogP contribution in [0.2, 0.25) is 0 Å². The molecule has 0 amide bonds. The Morgan fingerprint density at radius 2 is 1.80 bits per heavy atom. The molecule has 0 saturated carbocycles. The molecule has 92 valence electrons. The largest absolute Gasteiger partial charge is 0.330 e. The number of hydrogen-bond acceptors (Lipinski definition) is 3. The molecule has 3 nitrogen and oxygen atoms in total. The van der Waals surface area contributed by atoms with E-state index in [1.165, 1.54) is 25.9 Å². The Morgan fingerprint density at radius 3 is 2.20 bits per heavy atom. The van der Waals surface area contributed by atoms with Crippen molar-refractivity contribution in [2.45, 2.75) is 26.7 Å². The van der Waals surface area contributed by atoms with Crippen molar-refractivity contribution in [3.05, 3.63) is 0 Å². The Balaban J connectivity index is 3.71. The number of nitrogens with zero attached hydrogens (tertiary/aromatic N) is 2. The molecule has 0 fully saturated rings. The van der Waals surface area contributed by atoms with Crippen molar-refractivity contribution in [2.75, 3.05) is 46.8 Å². The van der Waals surface area contributed by atoms with Crippen molar-refractivity contribution in [1.82, 2.24) is 9.80 Å². The summed E-state index contributed by atoms with van der Waals surface area (Å²) in [5, 5.41) is 0. The molecule has 0 radical (unpaired) electrons. The zero-order chi connectivity index (χ0) is 11.7. The molecule has 0 rings (SSSR count). The fourth-order valence-electron chi connectivity index (χ4n) is 1.72. The van der Waals surface area contributed by atoms with Crippen LogP contribution in [0.15, 0.2) is 0 Å². The normalized spacial score (nSPS) is 13.8. The van der Waals surface area contributed by atoms with E-state index in [9.17, 15) is 0 Å². The summed E-state index contributed by atoms with van der Waals surface area (Å²) >= 11 is 0. The summed E-state index contributed by atoms with van der Waals surface area (Å²) in [7, 11) is 4.26. The molecule has 0 aliphatic carbocycles. The summed E-state index contributed by atoms with van der Waals surface area (Å²) in [4.78, 5) is 4.76. The third-order valence-electron chi connectivity index (χ3n) is 2.95. The van der Waals surface area contributed by atoms with Gasteiger partial charge in [-0.05, 0) is 52.6 Å². The summed E-state index contributed by atoms with van der Waals surface area (Å²) in [6.07, 6.45) is 2.45. The van der Waals surface area contributed by atoms with Crippen LogP contribution in [-0.4, -0.2) is 56.6 Å². The number of hydrogen-bond donors (Lipinski definition) is 1. The van der Waals surface area contributed by atoms with Gasteiger partial charge >= 0.3 is 0 Å². The summed E-state index contributed by atoms with van der Waals surface area (Å²) in [6.45, 7) is 9.96. The first kappa shape index (κ1) is 14.9. The first-order valence-electron chi connectivity index (χ1n) is 6.21. The van der Waals surface area contributed by atoms with Crippen molar-refractivity contribution in [3.8, 4) is 0 Å². The molecule has 0 aromatic rings. The van der Waals surface area contributed by atoms with Crippen molar-refractivity contribution in [3.63, 3.8) is 0 Å². The monoisotopic (exact) mass is 215 g/mol. The van der Waals surface area contributed by atoms with Gasteiger partial charge in [0.25, 0.3) is 0 Å². The second-order valence-corrected chi connectivity index (χ2v) is 4.56. The quantitative estimate of drug-likeness (QED) is 0.628. The van der Waals surface area contributed by atoms with Crippen LogP contribution in [0.1, 0.15) is 26.7 Å². The maximum Gasteiger partial charge on any atom is 0.00215 e. The lowest BCUT2D eigenvalue weighted by atomic mass is 10.1. The van der Waals surface area contributed by atoms with Crippen LogP contribution in [0.5, 0.6) is 0 Å². The smallest absolute Gasteiger partial charge is 0.00215 e. The summed E-state index contributed by atoms with van der Waals surface area (Å²) in [5.74, 6) is 0.671. The minimum atomic E-state index is 0.671. The van der Waals surface area contributed by atoms with Gasteiger partial charge in [-0.2, -0.15) is 0 Å². The highest BCUT2D eigenvalue weighted by Crippen LogP contribution is 2.04. The Morgan fingerprint density at radius 1 is 1.13 bits per heavy atom. The molecule has 0 aromatic carbocycles. The van der Waals surface area contributed by atoms with E-state index < -0.39 is 0 Å². The van der Waals surface area contributed by atoms with E-state index in [1.54, 1.807) is 0 Å². The van der Waals surface area contributed by atoms with E-state index in [0.717, 1.165) is 19.6 Å². The van der Waals surface area contributed by atoms with Gasteiger partial charge in [-0.15, -0.1) is 0 Å². The zero-order valence-corrected chi connectivity index (χ0v) is 11.0. The van der Waals surface area contributed by atoms with Crippen LogP contribution in [0.4, 0.5) is 0 Å². The van der Waals surface area contributed by atoms with E-state index in [0.29, 0.717) is 5.92 Å². The molecule has 1 atom stereocenters. The Labute approximate surface area is 95.6 Å². The molecule has 1 unspecified atom stereocenters. The van der Waals surface area contributed by atoms with Gasteiger partial charge in [-0.3, -0.25) is 0 Å². The fourth-order valence-corrected chi connectivity index (χ4v) is 1.72. The molecule has 0 heterocycles. The molecule has 0 bridgehead atoms. The van der Waals surface area contributed by atoms with Crippen molar-refractivity contribution in [1.29, 1.82) is 0 Å². The van der Waals surface area contributed by atoms with E-state index in [1.807, 2.05) is 0 Å². The third-order valence-corrected chi connectivity index (χ3v) is 2.95. The van der Waals surface area contributed by atoms with E-state index in [-0.39, 0.29) is 0 Å². The maximum absolute atomic E-state index is 5.73. The Bertz CT molecular complexity index is 133. The summed E-state index contributed by atoms with van der Waals surface area (Å²) < 4.78 is 0. The maximum atomic E-state index is 5.73. The van der Waals surface area contributed by atoms with E-state index in [4.69, 9.17) is 5.73 Å². The molecular formula is C12H29N3. The predicted molar refractivity (Wildman–Crippen MR) is 68.1 cm³/mol. The predicted octanol–water partition coefficient (Wildman–Crippen LogP) is 1.24. The summed E-state index contributed by atoms with van der Waals surface area (Å²) in [5.41, 5.74) is 5.73. The third kappa shape index (κ3) is 7.77. The fraction of sp³-hybridized carbons (Fsp3) is 1.00. The Hall–Kier alpha value is -0.120. The molecule has 0 spiro atoms. The van der Waals surface area contributed by atoms with Crippen LogP contribution in [0.25, 0.3) is 0 Å². The molecule has 0 aromatic heterocycles. The van der Waals surface area contributed by atoms with E-state index in [2.05, 4.69) is 37.7 Å². The van der Waals surface area contributed by atoms with Crippen molar-refractivity contribution >= 4 is 0 Å². The molecular weight excluding hydrogens is 186 g/mol. The SMILES string of the molecule is CCC(CN)CN(CC)CCCN(C)C. The highest BCUT2D eigenvalue weighted by Gasteiger charge is 2.09. The van der Waals surface area contributed by atoms with Gasteiger partial charge in [-0.25, -0.2) is 0 Å². The topological polar surface area (TPSA) is 32.5 Å². The zero-order valence-electron chi connectivity index (χ0n) is 11.0. The van der Waals surface area contributed by atoms with Crippen LogP contribution < -0.4 is 5.73 Å². The molecule has 0 aliphatic rings. The standard InChI is InChI=1S/C12H29N3/c1-5-12(10-13)11-15(6-2)9-7-8-14(3)4/h12H,5-11,13H2,1-4H3. The average Bonchev–Trinajstić information content (AvgIpc) is 2.22. The van der Waals surface area contributed by atoms with Crippen molar-refractivity contribution in [2.24, 2.45) is 11.7 Å². The van der Waals surface area contributed by atoms with Gasteiger partial charge in [-0.1, -0.05) is 20.3 Å². The molecule has 15 heavy (non-hydrogen) atoms. The highest BCUT2D eigenvalue weighted by molar-refractivity contribution is 4.65. The lowest BCUT2D eigenvalue weighted by Gasteiger charge is -2.25. The van der Waals surface area contributed by atoms with Crippen LogP contribution in [-0.2, 0) is 0 Å². The van der Waals surface area contributed by atoms with Gasteiger partial charge in [0.2, 0.25) is 0 Å². The average molecular weight is 215 g/mol. The van der Waals surface area contributed by atoms with Crippen LogP contribution >= 0.6 is 0 Å². The molecule has 3 heteroatoms. The first-order valence-corrected chi connectivity index (χ1v) is 6.21. The lowest BCUT2D eigenvalue weighted by Crippen LogP contribution is -2.34. The second kappa shape index (κ2) is 9.13. The molecule has 0 saturated heterocycles. The van der Waals surface area contributed by atoms with Gasteiger partial charge in [0, 0.05) is 6.54 Å². The minimum Gasteiger partial charge on any atom is -0.330 e. The van der Waals surface area contributed by atoms with Gasteiger partial charge in [0.15, 0.2) is 0 Å². The number of nitrogens with two attached hydrogens (primary N) is 1. The summed E-state index contributed by atoms with van der Waals surface area (Å²) in [6, 6.07) is 0. The van der Waals surface area contributed by atoms with Crippen LogP contribution in [0, 0.1) is 5.92 Å². The minimum absolute atomic E-state index is 0.671. The highest BCUT2D eigenvalue weighted by atomic mass is 15.1. The molecule has 2 N–H and O–H groups in total. The van der Waals surface area contributed by atoms with Crippen molar-refractivity contribution < 1.29 is 0 Å². The van der Waals surface area contributed by atoms with E-state index >= 15 is 0 Å². The van der Waals surface area contributed by atoms with Gasteiger partial charge < -0.3 is 15.5 Å². The first-order chi connectivity index (χ1) is 7.13. The van der Waals surface area contributed by atoms with Gasteiger partial charge in [0.05, 0.1) is 0 Å². The van der Waals surface area contributed by atoms with Gasteiger partial charge in [0.1, 0.15) is 0 Å².